The van der Waals surface area contributed by atoms with E-state index in [9.17, 15) is 9.18 Å². The Labute approximate surface area is 165 Å². The zero-order valence-electron chi connectivity index (χ0n) is 15.5. The van der Waals surface area contributed by atoms with Crippen LogP contribution < -0.4 is 5.32 Å². The highest BCUT2D eigenvalue weighted by molar-refractivity contribution is 5.89. The lowest BCUT2D eigenvalue weighted by Crippen LogP contribution is -2.41. The van der Waals surface area contributed by atoms with E-state index in [0.717, 1.165) is 47.5 Å². The van der Waals surface area contributed by atoms with Crippen LogP contribution in [0.2, 0.25) is 0 Å². The molecule has 3 heterocycles. The Morgan fingerprint density at radius 3 is 3.07 bits per heavy atom. The van der Waals surface area contributed by atoms with Gasteiger partial charge in [-0.3, -0.25) is 4.68 Å². The molecule has 1 aliphatic heterocycles. The number of hydrogen-bond acceptors (Lipinski definition) is 5. The van der Waals surface area contributed by atoms with Gasteiger partial charge in [0.25, 0.3) is 0 Å². The lowest BCUT2D eigenvalue weighted by Gasteiger charge is -2.28. The molecule has 3 aromatic rings. The summed E-state index contributed by atoms with van der Waals surface area (Å²) in [7, 11) is 0. The molecule has 0 spiro atoms. The molecule has 0 atom stereocenters. The largest absolute Gasteiger partial charge is 0.356 e. The summed E-state index contributed by atoms with van der Waals surface area (Å²) in [5.41, 5.74) is 4.19. The predicted molar refractivity (Wildman–Crippen MR) is 100 cm³/mol. The number of benzene rings is 1. The summed E-state index contributed by atoms with van der Waals surface area (Å²) in [5.74, 6) is 0.135. The minimum Gasteiger partial charge on any atom is -0.356 e. The van der Waals surface area contributed by atoms with Crippen LogP contribution in [-0.4, -0.2) is 32.4 Å². The van der Waals surface area contributed by atoms with Gasteiger partial charge in [-0.05, 0) is 37.5 Å². The van der Waals surface area contributed by atoms with Gasteiger partial charge in [-0.2, -0.15) is 10.4 Å². The molecule has 0 fully saturated rings. The van der Waals surface area contributed by atoms with Crippen molar-refractivity contribution in [3.63, 3.8) is 0 Å². The van der Waals surface area contributed by atoms with E-state index in [1.54, 1.807) is 17.2 Å². The second-order valence-electron chi connectivity index (χ2n) is 7.18. The maximum absolute atomic E-state index is 13.5. The summed E-state index contributed by atoms with van der Waals surface area (Å²) < 4.78 is 21.0. The molecule has 1 aromatic carbocycles. The first-order chi connectivity index (χ1) is 14.1. The van der Waals surface area contributed by atoms with Gasteiger partial charge in [-0.1, -0.05) is 5.16 Å². The number of rotatable bonds is 1. The van der Waals surface area contributed by atoms with E-state index < -0.39 is 5.82 Å². The molecule has 1 N–H and O–H groups in total. The highest BCUT2D eigenvalue weighted by Gasteiger charge is 2.31. The molecule has 9 heteroatoms. The van der Waals surface area contributed by atoms with Crippen LogP contribution in [0.5, 0.6) is 0 Å². The number of hydrogen-bond donors (Lipinski definition) is 1. The van der Waals surface area contributed by atoms with Gasteiger partial charge < -0.3 is 14.7 Å². The van der Waals surface area contributed by atoms with Gasteiger partial charge in [0.1, 0.15) is 11.9 Å². The second-order valence-corrected chi connectivity index (χ2v) is 7.18. The lowest BCUT2D eigenvalue weighted by atomic mass is 10.1. The molecular formula is C20H17FN6O2. The fraction of sp³-hybridized carbons (Fsp3) is 0.300. The minimum absolute atomic E-state index is 0.109. The predicted octanol–water partition coefficient (Wildman–Crippen LogP) is 3.09. The molecule has 0 saturated heterocycles. The van der Waals surface area contributed by atoms with Crippen molar-refractivity contribution in [1.82, 2.24) is 19.8 Å². The molecule has 0 bridgehead atoms. The third-order valence-corrected chi connectivity index (χ3v) is 5.41. The number of carbonyl (C=O) groups excluding carboxylic acids is 1. The Balaban J connectivity index is 1.42. The lowest BCUT2D eigenvalue weighted by molar-refractivity contribution is 0.194. The van der Waals surface area contributed by atoms with Crippen LogP contribution in [0.3, 0.4) is 0 Å². The Morgan fingerprint density at radius 1 is 1.31 bits per heavy atom. The van der Waals surface area contributed by atoms with E-state index in [1.165, 1.54) is 18.2 Å². The molecule has 1 aliphatic carbocycles. The van der Waals surface area contributed by atoms with E-state index >= 15 is 0 Å². The van der Waals surface area contributed by atoms with E-state index in [4.69, 9.17) is 14.9 Å². The van der Waals surface area contributed by atoms with Crippen LogP contribution >= 0.6 is 0 Å². The van der Waals surface area contributed by atoms with Crippen molar-refractivity contribution in [2.75, 3.05) is 11.9 Å². The maximum atomic E-state index is 13.5. The summed E-state index contributed by atoms with van der Waals surface area (Å²) >= 11 is 0. The fourth-order valence-corrected chi connectivity index (χ4v) is 3.96. The normalized spacial score (nSPS) is 15.0. The molecule has 0 radical (unpaired) electrons. The van der Waals surface area contributed by atoms with Gasteiger partial charge in [-0.15, -0.1) is 0 Å². The van der Waals surface area contributed by atoms with Gasteiger partial charge >= 0.3 is 6.03 Å². The van der Waals surface area contributed by atoms with Crippen LogP contribution in [0.15, 0.2) is 28.9 Å². The van der Waals surface area contributed by atoms with Crippen molar-refractivity contribution < 1.29 is 13.7 Å². The van der Waals surface area contributed by atoms with Crippen LogP contribution in [-0.2, 0) is 25.9 Å². The van der Waals surface area contributed by atoms with Crippen LogP contribution in [0, 0.1) is 17.1 Å². The molecule has 5 rings (SSSR count). The first-order valence-corrected chi connectivity index (χ1v) is 9.42. The molecule has 2 aromatic heterocycles. The number of nitriles is 1. The highest BCUT2D eigenvalue weighted by atomic mass is 19.1. The van der Waals surface area contributed by atoms with Crippen molar-refractivity contribution in [2.24, 2.45) is 0 Å². The molecule has 146 valence electrons. The van der Waals surface area contributed by atoms with E-state index in [1.807, 2.05) is 4.68 Å². The van der Waals surface area contributed by atoms with E-state index in [-0.39, 0.29) is 11.6 Å². The summed E-state index contributed by atoms with van der Waals surface area (Å²) in [6, 6.07) is 5.40. The van der Waals surface area contributed by atoms with Crippen LogP contribution in [0.25, 0.3) is 11.3 Å². The van der Waals surface area contributed by atoms with Crippen molar-refractivity contribution in [1.29, 1.82) is 5.26 Å². The Kier molecular flexibility index (Phi) is 4.05. The first kappa shape index (κ1) is 17.4. The minimum atomic E-state index is -0.613. The average Bonchev–Trinajstić information content (AvgIpc) is 3.28. The highest BCUT2D eigenvalue weighted by Crippen LogP contribution is 2.36. The second kappa shape index (κ2) is 6.74. The van der Waals surface area contributed by atoms with Crippen LogP contribution in [0.1, 0.15) is 28.9 Å². The number of aryl methyl sites for hydroxylation is 2. The average molecular weight is 392 g/mol. The molecule has 2 amide bonds. The smallest absolute Gasteiger partial charge is 0.322 e. The molecule has 0 saturated carbocycles. The number of halogens is 1. The van der Waals surface area contributed by atoms with E-state index in [2.05, 4.69) is 10.5 Å². The first-order valence-electron chi connectivity index (χ1n) is 9.42. The number of aromatic nitrogens is 3. The quantitative estimate of drug-likeness (QED) is 0.686. The fourth-order valence-electron chi connectivity index (χ4n) is 3.96. The third kappa shape index (κ3) is 2.93. The molecule has 29 heavy (non-hydrogen) atoms. The Morgan fingerprint density at radius 2 is 2.21 bits per heavy atom. The number of fused-ring (bicyclic) bond motifs is 5. The Hall–Kier alpha value is -3.67. The third-order valence-electron chi connectivity index (χ3n) is 5.41. The zero-order chi connectivity index (χ0) is 20.0. The zero-order valence-corrected chi connectivity index (χ0v) is 15.5. The molecule has 0 unspecified atom stereocenters. The van der Waals surface area contributed by atoms with Crippen LogP contribution in [0.4, 0.5) is 14.9 Å². The Bertz CT molecular complexity index is 1160. The van der Waals surface area contributed by atoms with Gasteiger partial charge in [0.15, 0.2) is 5.76 Å². The number of nitrogens with zero attached hydrogens (tertiary/aromatic N) is 5. The SMILES string of the molecule is N#Cc1cc(NC(=O)N2CCn3nc4c(c3C2)-c2oncc2CCC4)ccc1F. The standard InChI is InChI=1S/C20H17FN6O2/c21-15-5-4-14(8-13(15)9-22)24-20(28)26-6-7-27-17(11-26)18-16(25-27)3-1-2-12-10-23-29-19(12)18/h4-5,8,10H,1-3,6-7,11H2,(H,24,28). The van der Waals surface area contributed by atoms with Gasteiger partial charge in [0.2, 0.25) is 0 Å². The molecular weight excluding hydrogens is 375 g/mol. The number of nitrogens with one attached hydrogen (secondary N) is 1. The van der Waals surface area contributed by atoms with Gasteiger partial charge in [-0.25, -0.2) is 9.18 Å². The van der Waals surface area contributed by atoms with Crippen molar-refractivity contribution in [2.45, 2.75) is 32.4 Å². The number of amides is 2. The molecule has 2 aliphatic rings. The summed E-state index contributed by atoms with van der Waals surface area (Å²) in [4.78, 5) is 14.5. The van der Waals surface area contributed by atoms with Gasteiger partial charge in [0, 0.05) is 17.8 Å². The van der Waals surface area contributed by atoms with Crippen molar-refractivity contribution in [3.8, 4) is 17.4 Å². The topological polar surface area (TPSA) is 100.0 Å². The summed E-state index contributed by atoms with van der Waals surface area (Å²) in [6.07, 6.45) is 4.49. The molecule has 8 nitrogen and oxygen atoms in total. The summed E-state index contributed by atoms with van der Waals surface area (Å²) in [6.45, 7) is 1.45. The van der Waals surface area contributed by atoms with Gasteiger partial charge in [0.05, 0.1) is 41.8 Å². The number of anilines is 1. The van der Waals surface area contributed by atoms with Crippen molar-refractivity contribution in [3.05, 3.63) is 52.7 Å². The van der Waals surface area contributed by atoms with E-state index in [0.29, 0.717) is 25.3 Å². The summed E-state index contributed by atoms with van der Waals surface area (Å²) in [5, 5.41) is 20.4. The van der Waals surface area contributed by atoms with Crippen molar-refractivity contribution >= 4 is 11.7 Å². The number of urea groups is 1. The monoisotopic (exact) mass is 392 g/mol. The number of carbonyl (C=O) groups is 1. The maximum Gasteiger partial charge on any atom is 0.322 e.